The lowest BCUT2D eigenvalue weighted by atomic mass is 10.2. The fourth-order valence-electron chi connectivity index (χ4n) is 4.19. The number of thiophene rings is 1. The topological polar surface area (TPSA) is 75.0 Å². The normalized spacial score (nSPS) is 13.8. The Hall–Kier alpha value is -3.78. The summed E-state index contributed by atoms with van der Waals surface area (Å²) >= 11 is 1.53. The quantitative estimate of drug-likeness (QED) is 0.440. The van der Waals surface area contributed by atoms with E-state index in [2.05, 4.69) is 10.2 Å². The number of benzene rings is 2. The molecule has 1 fully saturated rings. The summed E-state index contributed by atoms with van der Waals surface area (Å²) in [7, 11) is 1.65. The zero-order valence-corrected chi connectivity index (χ0v) is 19.6. The third kappa shape index (κ3) is 4.49. The van der Waals surface area contributed by atoms with Crippen LogP contribution in [0.4, 0.5) is 11.4 Å². The average Bonchev–Trinajstić information content (AvgIpc) is 3.52. The molecule has 0 spiro atoms. The standard InChI is InChI=1S/C26H25N3O4S/c1-32-19-7-4-6-18(16-19)28-11-13-29(14-12-28)26(31)25-24(21-9-2-3-10-22(21)33-25)27-23(30)17-20-8-5-15-34-20/h2-10,15-16H,11-14,17H2,1H3,(H,27,30). The van der Waals surface area contributed by atoms with E-state index in [0.717, 1.165) is 21.7 Å². The zero-order valence-electron chi connectivity index (χ0n) is 18.8. The molecule has 7 nitrogen and oxygen atoms in total. The van der Waals surface area contributed by atoms with Crippen LogP contribution in [0.2, 0.25) is 0 Å². The van der Waals surface area contributed by atoms with Crippen molar-refractivity contribution in [2.75, 3.05) is 43.5 Å². The molecule has 1 N–H and O–H groups in total. The summed E-state index contributed by atoms with van der Waals surface area (Å²) in [4.78, 5) is 31.2. The maximum atomic E-state index is 13.5. The summed E-state index contributed by atoms with van der Waals surface area (Å²) in [5.41, 5.74) is 2.08. The summed E-state index contributed by atoms with van der Waals surface area (Å²) in [5.74, 6) is 0.593. The van der Waals surface area contributed by atoms with E-state index in [-0.39, 0.29) is 24.0 Å². The highest BCUT2D eigenvalue weighted by atomic mass is 32.1. The van der Waals surface area contributed by atoms with E-state index in [4.69, 9.17) is 9.15 Å². The number of ether oxygens (including phenoxy) is 1. The van der Waals surface area contributed by atoms with Gasteiger partial charge in [-0.2, -0.15) is 0 Å². The van der Waals surface area contributed by atoms with Gasteiger partial charge in [0.15, 0.2) is 0 Å². The second kappa shape index (κ2) is 9.61. The van der Waals surface area contributed by atoms with Crippen molar-refractivity contribution in [3.63, 3.8) is 0 Å². The second-order valence-electron chi connectivity index (χ2n) is 8.09. The molecule has 0 aliphatic carbocycles. The van der Waals surface area contributed by atoms with Gasteiger partial charge in [-0.05, 0) is 35.7 Å². The number of para-hydroxylation sites is 1. The Balaban J connectivity index is 1.34. The van der Waals surface area contributed by atoms with E-state index in [1.54, 1.807) is 12.0 Å². The Labute approximate surface area is 201 Å². The third-order valence-corrected chi connectivity index (χ3v) is 6.83. The number of carbonyl (C=O) groups is 2. The minimum Gasteiger partial charge on any atom is -0.497 e. The molecule has 8 heteroatoms. The lowest BCUT2D eigenvalue weighted by Crippen LogP contribution is -2.48. The van der Waals surface area contributed by atoms with Crippen molar-refractivity contribution in [1.82, 2.24) is 4.90 Å². The van der Waals surface area contributed by atoms with Gasteiger partial charge in [0.2, 0.25) is 11.7 Å². The summed E-state index contributed by atoms with van der Waals surface area (Å²) < 4.78 is 11.3. The van der Waals surface area contributed by atoms with Crippen molar-refractivity contribution >= 4 is 45.5 Å². The van der Waals surface area contributed by atoms with E-state index >= 15 is 0 Å². The molecule has 2 aromatic carbocycles. The molecule has 1 aliphatic heterocycles. The van der Waals surface area contributed by atoms with Crippen LogP contribution < -0.4 is 15.0 Å². The van der Waals surface area contributed by atoms with Crippen molar-refractivity contribution < 1.29 is 18.7 Å². The Morgan fingerprint density at radius 2 is 1.85 bits per heavy atom. The Morgan fingerprint density at radius 1 is 1.03 bits per heavy atom. The molecule has 174 valence electrons. The molecular formula is C26H25N3O4S. The van der Waals surface area contributed by atoms with Crippen LogP contribution in [0.3, 0.4) is 0 Å². The van der Waals surface area contributed by atoms with Gasteiger partial charge in [-0.3, -0.25) is 9.59 Å². The van der Waals surface area contributed by atoms with E-state index < -0.39 is 0 Å². The number of piperazine rings is 1. The molecular weight excluding hydrogens is 450 g/mol. The second-order valence-corrected chi connectivity index (χ2v) is 9.12. The first-order valence-electron chi connectivity index (χ1n) is 11.1. The van der Waals surface area contributed by atoms with Gasteiger partial charge in [-0.15, -0.1) is 11.3 Å². The highest BCUT2D eigenvalue weighted by Crippen LogP contribution is 2.32. The van der Waals surface area contributed by atoms with Gasteiger partial charge < -0.3 is 24.3 Å². The zero-order chi connectivity index (χ0) is 23.5. The molecule has 2 amide bonds. The summed E-state index contributed by atoms with van der Waals surface area (Å²) in [5, 5.41) is 5.60. The van der Waals surface area contributed by atoms with Crippen LogP contribution in [0.1, 0.15) is 15.4 Å². The van der Waals surface area contributed by atoms with E-state index in [1.165, 1.54) is 11.3 Å². The number of nitrogens with zero attached hydrogens (tertiary/aromatic N) is 2. The van der Waals surface area contributed by atoms with Gasteiger partial charge in [0.25, 0.3) is 5.91 Å². The van der Waals surface area contributed by atoms with Crippen LogP contribution in [0.25, 0.3) is 11.0 Å². The monoisotopic (exact) mass is 475 g/mol. The van der Waals surface area contributed by atoms with Crippen LogP contribution >= 0.6 is 11.3 Å². The van der Waals surface area contributed by atoms with E-state index in [9.17, 15) is 9.59 Å². The molecule has 2 aromatic heterocycles. The number of hydrogen-bond acceptors (Lipinski definition) is 6. The predicted molar refractivity (Wildman–Crippen MR) is 134 cm³/mol. The Bertz CT molecular complexity index is 1310. The maximum Gasteiger partial charge on any atom is 0.291 e. The van der Waals surface area contributed by atoms with Crippen molar-refractivity contribution in [3.8, 4) is 5.75 Å². The fourth-order valence-corrected chi connectivity index (χ4v) is 4.90. The maximum absolute atomic E-state index is 13.5. The Morgan fingerprint density at radius 3 is 2.62 bits per heavy atom. The molecule has 34 heavy (non-hydrogen) atoms. The molecule has 0 saturated carbocycles. The predicted octanol–water partition coefficient (Wildman–Crippen LogP) is 4.65. The SMILES string of the molecule is COc1cccc(N2CCN(C(=O)c3oc4ccccc4c3NC(=O)Cc3cccs3)CC2)c1. The number of rotatable bonds is 6. The molecule has 1 saturated heterocycles. The number of nitrogens with one attached hydrogen (secondary N) is 1. The highest BCUT2D eigenvalue weighted by molar-refractivity contribution is 7.10. The van der Waals surface area contributed by atoms with E-state index in [1.807, 2.05) is 66.0 Å². The van der Waals surface area contributed by atoms with Crippen LogP contribution in [-0.4, -0.2) is 50.0 Å². The minimum atomic E-state index is -0.215. The first kappa shape index (κ1) is 22.0. The van der Waals surface area contributed by atoms with Crippen LogP contribution in [-0.2, 0) is 11.2 Å². The van der Waals surface area contributed by atoms with E-state index in [0.29, 0.717) is 37.4 Å². The molecule has 5 rings (SSSR count). The van der Waals surface area contributed by atoms with Gasteiger partial charge in [0.1, 0.15) is 17.0 Å². The van der Waals surface area contributed by atoms with Crippen molar-refractivity contribution in [1.29, 1.82) is 0 Å². The molecule has 4 aromatic rings. The molecule has 0 bridgehead atoms. The third-order valence-electron chi connectivity index (χ3n) is 5.95. The fraction of sp³-hybridized carbons (Fsp3) is 0.231. The van der Waals surface area contributed by atoms with Crippen LogP contribution in [0.15, 0.2) is 70.5 Å². The molecule has 3 heterocycles. The average molecular weight is 476 g/mol. The molecule has 0 atom stereocenters. The minimum absolute atomic E-state index is 0.175. The summed E-state index contributed by atoms with van der Waals surface area (Å²) in [6.07, 6.45) is 0.254. The molecule has 0 radical (unpaired) electrons. The highest BCUT2D eigenvalue weighted by Gasteiger charge is 2.29. The number of furan rings is 1. The first-order chi connectivity index (χ1) is 16.6. The van der Waals surface area contributed by atoms with Crippen molar-refractivity contribution in [2.45, 2.75) is 6.42 Å². The van der Waals surface area contributed by atoms with Crippen molar-refractivity contribution in [2.24, 2.45) is 0 Å². The first-order valence-corrected chi connectivity index (χ1v) is 12.0. The van der Waals surface area contributed by atoms with Crippen molar-refractivity contribution in [3.05, 3.63) is 76.7 Å². The van der Waals surface area contributed by atoms with Gasteiger partial charge in [-0.25, -0.2) is 0 Å². The van der Waals surface area contributed by atoms with Gasteiger partial charge in [-0.1, -0.05) is 24.3 Å². The Kier molecular flexibility index (Phi) is 6.22. The number of anilines is 2. The number of methoxy groups -OCH3 is 1. The smallest absolute Gasteiger partial charge is 0.291 e. The van der Waals surface area contributed by atoms with Gasteiger partial charge >= 0.3 is 0 Å². The summed E-state index contributed by atoms with van der Waals surface area (Å²) in [6, 6.07) is 19.1. The van der Waals surface area contributed by atoms with Crippen LogP contribution in [0, 0.1) is 0 Å². The molecule has 0 unspecified atom stereocenters. The number of fused-ring (bicyclic) bond motifs is 1. The lowest BCUT2D eigenvalue weighted by molar-refractivity contribution is -0.115. The van der Waals surface area contributed by atoms with Gasteiger partial charge in [0.05, 0.1) is 13.5 Å². The molecule has 1 aliphatic rings. The number of carbonyl (C=O) groups excluding carboxylic acids is 2. The number of amides is 2. The lowest BCUT2D eigenvalue weighted by Gasteiger charge is -2.36. The number of hydrogen-bond donors (Lipinski definition) is 1. The van der Waals surface area contributed by atoms with Gasteiger partial charge in [0, 0.05) is 48.2 Å². The summed E-state index contributed by atoms with van der Waals surface area (Å²) in [6.45, 7) is 2.49. The van der Waals surface area contributed by atoms with Crippen LogP contribution in [0.5, 0.6) is 5.75 Å². The largest absolute Gasteiger partial charge is 0.497 e.